The van der Waals surface area contributed by atoms with Crippen LogP contribution in [0.1, 0.15) is 27.2 Å². The van der Waals surface area contributed by atoms with E-state index in [2.05, 4.69) is 46.8 Å². The van der Waals surface area contributed by atoms with Crippen molar-refractivity contribution in [2.75, 3.05) is 19.0 Å². The Bertz CT molecular complexity index is 955. The average molecular weight is 376 g/mol. The summed E-state index contributed by atoms with van der Waals surface area (Å²) >= 11 is 0. The Morgan fingerprint density at radius 3 is 2.54 bits per heavy atom. The SMILES string of the molecule is COc1ccccc1CCNC(=O)c1ccc(Nc2ccc(C)c(C)c2)nn1. The van der Waals surface area contributed by atoms with Crippen LogP contribution in [0.4, 0.5) is 11.5 Å². The number of aryl methyl sites for hydroxylation is 2. The standard InChI is InChI=1S/C22H24N4O2/c1-15-8-9-18(14-16(15)2)24-21-11-10-19(25-26-21)22(27)23-13-12-17-6-4-5-7-20(17)28-3/h4-11,14H,12-13H2,1-3H3,(H,23,27)(H,24,26). The molecule has 28 heavy (non-hydrogen) atoms. The number of amides is 1. The van der Waals surface area contributed by atoms with Crippen molar-refractivity contribution in [3.63, 3.8) is 0 Å². The Kier molecular flexibility index (Phi) is 6.22. The van der Waals surface area contributed by atoms with Crippen LogP contribution in [-0.2, 0) is 6.42 Å². The molecule has 144 valence electrons. The molecule has 0 saturated carbocycles. The molecule has 2 aromatic carbocycles. The molecule has 0 bridgehead atoms. The van der Waals surface area contributed by atoms with Gasteiger partial charge in [-0.3, -0.25) is 4.79 Å². The third-order valence-corrected chi connectivity index (χ3v) is 4.55. The molecule has 0 saturated heterocycles. The number of carbonyl (C=O) groups excluding carboxylic acids is 1. The van der Waals surface area contributed by atoms with E-state index >= 15 is 0 Å². The Morgan fingerprint density at radius 2 is 1.82 bits per heavy atom. The molecule has 0 fully saturated rings. The van der Waals surface area contributed by atoms with Gasteiger partial charge in [0.2, 0.25) is 0 Å². The summed E-state index contributed by atoms with van der Waals surface area (Å²) in [6.07, 6.45) is 0.676. The molecule has 0 aliphatic rings. The van der Waals surface area contributed by atoms with Crippen LogP contribution in [0.2, 0.25) is 0 Å². The number of carbonyl (C=O) groups is 1. The number of anilines is 2. The molecule has 2 N–H and O–H groups in total. The lowest BCUT2D eigenvalue weighted by Crippen LogP contribution is -2.26. The van der Waals surface area contributed by atoms with Crippen LogP contribution in [0.5, 0.6) is 5.75 Å². The summed E-state index contributed by atoms with van der Waals surface area (Å²) in [5.74, 6) is 1.16. The highest BCUT2D eigenvalue weighted by Crippen LogP contribution is 2.18. The van der Waals surface area contributed by atoms with Crippen molar-refractivity contribution in [3.05, 3.63) is 77.0 Å². The van der Waals surface area contributed by atoms with Gasteiger partial charge in [0.1, 0.15) is 5.75 Å². The molecule has 6 nitrogen and oxygen atoms in total. The minimum Gasteiger partial charge on any atom is -0.496 e. The van der Waals surface area contributed by atoms with Crippen molar-refractivity contribution in [1.29, 1.82) is 0 Å². The van der Waals surface area contributed by atoms with Gasteiger partial charge in [-0.25, -0.2) is 0 Å². The monoisotopic (exact) mass is 376 g/mol. The van der Waals surface area contributed by atoms with Gasteiger partial charge in [-0.15, -0.1) is 10.2 Å². The molecular formula is C22H24N4O2. The predicted molar refractivity (Wildman–Crippen MR) is 110 cm³/mol. The van der Waals surface area contributed by atoms with E-state index < -0.39 is 0 Å². The first kappa shape index (κ1) is 19.4. The zero-order chi connectivity index (χ0) is 19.9. The van der Waals surface area contributed by atoms with Gasteiger partial charge < -0.3 is 15.4 Å². The Labute approximate surface area is 165 Å². The lowest BCUT2D eigenvalue weighted by atomic mass is 10.1. The maximum atomic E-state index is 12.3. The Balaban J connectivity index is 1.55. The van der Waals surface area contributed by atoms with E-state index in [0.717, 1.165) is 17.0 Å². The highest BCUT2D eigenvalue weighted by Gasteiger charge is 2.09. The minimum atomic E-state index is -0.250. The molecule has 0 aliphatic heterocycles. The Morgan fingerprint density at radius 1 is 1.00 bits per heavy atom. The number of hydrogen-bond donors (Lipinski definition) is 2. The fourth-order valence-corrected chi connectivity index (χ4v) is 2.80. The fourth-order valence-electron chi connectivity index (χ4n) is 2.80. The second-order valence-corrected chi connectivity index (χ2v) is 6.55. The second kappa shape index (κ2) is 8.99. The summed E-state index contributed by atoms with van der Waals surface area (Å²) in [6.45, 7) is 4.62. The van der Waals surface area contributed by atoms with Crippen LogP contribution < -0.4 is 15.4 Å². The summed E-state index contributed by atoms with van der Waals surface area (Å²) < 4.78 is 5.32. The lowest BCUT2D eigenvalue weighted by Gasteiger charge is -2.09. The number of benzene rings is 2. The van der Waals surface area contributed by atoms with Crippen LogP contribution in [0.15, 0.2) is 54.6 Å². The molecule has 1 heterocycles. The van der Waals surface area contributed by atoms with Crippen LogP contribution in [0, 0.1) is 13.8 Å². The number of rotatable bonds is 7. The van der Waals surface area contributed by atoms with Gasteiger partial charge in [-0.1, -0.05) is 24.3 Å². The van der Waals surface area contributed by atoms with Gasteiger partial charge in [0.25, 0.3) is 5.91 Å². The summed E-state index contributed by atoms with van der Waals surface area (Å²) in [5, 5.41) is 14.2. The summed E-state index contributed by atoms with van der Waals surface area (Å²) in [6, 6.07) is 17.3. The van der Waals surface area contributed by atoms with Gasteiger partial charge in [0, 0.05) is 12.2 Å². The zero-order valence-electron chi connectivity index (χ0n) is 16.3. The van der Waals surface area contributed by atoms with Crippen LogP contribution in [0.3, 0.4) is 0 Å². The number of nitrogens with one attached hydrogen (secondary N) is 2. The van der Waals surface area contributed by atoms with E-state index in [1.54, 1.807) is 19.2 Å². The summed E-state index contributed by atoms with van der Waals surface area (Å²) in [5.41, 5.74) is 4.70. The maximum Gasteiger partial charge on any atom is 0.271 e. The highest BCUT2D eigenvalue weighted by molar-refractivity contribution is 5.92. The molecule has 6 heteroatoms. The number of hydrogen-bond acceptors (Lipinski definition) is 5. The summed E-state index contributed by atoms with van der Waals surface area (Å²) in [7, 11) is 1.64. The van der Waals surface area contributed by atoms with Crippen molar-refractivity contribution in [1.82, 2.24) is 15.5 Å². The number of ether oxygens (including phenoxy) is 1. The van der Waals surface area contributed by atoms with E-state index in [1.165, 1.54) is 11.1 Å². The number of nitrogens with zero attached hydrogens (tertiary/aromatic N) is 2. The fraction of sp³-hybridized carbons (Fsp3) is 0.227. The van der Waals surface area contributed by atoms with E-state index in [1.807, 2.05) is 30.3 Å². The quantitative estimate of drug-likeness (QED) is 0.656. The van der Waals surface area contributed by atoms with Gasteiger partial charge in [-0.05, 0) is 67.3 Å². The first-order valence-electron chi connectivity index (χ1n) is 9.15. The van der Waals surface area contributed by atoms with Crippen molar-refractivity contribution in [3.8, 4) is 5.75 Å². The van der Waals surface area contributed by atoms with Crippen molar-refractivity contribution in [2.45, 2.75) is 20.3 Å². The van der Waals surface area contributed by atoms with Crippen LogP contribution >= 0.6 is 0 Å². The van der Waals surface area contributed by atoms with Gasteiger partial charge in [0.15, 0.2) is 11.5 Å². The number of methoxy groups -OCH3 is 1. The first-order chi connectivity index (χ1) is 13.6. The Hall–Kier alpha value is -3.41. The van der Waals surface area contributed by atoms with Crippen LogP contribution in [-0.4, -0.2) is 29.8 Å². The van der Waals surface area contributed by atoms with Crippen molar-refractivity contribution < 1.29 is 9.53 Å². The molecule has 1 aromatic heterocycles. The smallest absolute Gasteiger partial charge is 0.271 e. The molecule has 3 rings (SSSR count). The maximum absolute atomic E-state index is 12.3. The lowest BCUT2D eigenvalue weighted by molar-refractivity contribution is 0.0948. The molecule has 0 unspecified atom stereocenters. The average Bonchev–Trinajstić information content (AvgIpc) is 2.71. The van der Waals surface area contributed by atoms with Gasteiger partial charge >= 0.3 is 0 Å². The predicted octanol–water partition coefficient (Wildman–Crippen LogP) is 3.82. The molecule has 1 amide bonds. The molecule has 3 aromatic rings. The topological polar surface area (TPSA) is 76.1 Å². The molecule has 0 radical (unpaired) electrons. The van der Waals surface area contributed by atoms with Gasteiger partial charge in [0.05, 0.1) is 7.11 Å². The first-order valence-corrected chi connectivity index (χ1v) is 9.15. The van der Waals surface area contributed by atoms with E-state index in [9.17, 15) is 4.79 Å². The molecule has 0 spiro atoms. The minimum absolute atomic E-state index is 0.250. The summed E-state index contributed by atoms with van der Waals surface area (Å²) in [4.78, 5) is 12.3. The van der Waals surface area contributed by atoms with E-state index in [0.29, 0.717) is 18.8 Å². The van der Waals surface area contributed by atoms with Crippen molar-refractivity contribution >= 4 is 17.4 Å². The highest BCUT2D eigenvalue weighted by atomic mass is 16.5. The third kappa shape index (κ3) is 4.85. The second-order valence-electron chi connectivity index (χ2n) is 6.55. The molecule has 0 atom stereocenters. The largest absolute Gasteiger partial charge is 0.496 e. The number of aromatic nitrogens is 2. The molecular weight excluding hydrogens is 352 g/mol. The van der Waals surface area contributed by atoms with Gasteiger partial charge in [-0.2, -0.15) is 0 Å². The van der Waals surface area contributed by atoms with E-state index in [4.69, 9.17) is 4.74 Å². The number of para-hydroxylation sites is 1. The normalized spacial score (nSPS) is 10.4. The molecule has 0 aliphatic carbocycles. The zero-order valence-corrected chi connectivity index (χ0v) is 16.3. The van der Waals surface area contributed by atoms with Crippen LogP contribution in [0.25, 0.3) is 0 Å². The van der Waals surface area contributed by atoms with E-state index in [-0.39, 0.29) is 11.6 Å². The third-order valence-electron chi connectivity index (χ3n) is 4.55. The van der Waals surface area contributed by atoms with Crippen molar-refractivity contribution in [2.24, 2.45) is 0 Å².